The topological polar surface area (TPSA) is 82.1 Å². The van der Waals surface area contributed by atoms with Gasteiger partial charge in [-0.25, -0.2) is 5.01 Å². The summed E-state index contributed by atoms with van der Waals surface area (Å²) in [6.45, 7) is 0.830. The van der Waals surface area contributed by atoms with Crippen molar-refractivity contribution in [1.82, 2.24) is 15.2 Å². The number of hydrogen-bond acceptors (Lipinski definition) is 4. The second-order valence-electron chi connectivity index (χ2n) is 5.57. The monoisotopic (exact) mass is 314 g/mol. The summed E-state index contributed by atoms with van der Waals surface area (Å²) < 4.78 is 0. The zero-order valence-electron chi connectivity index (χ0n) is 12.9. The van der Waals surface area contributed by atoms with Crippen molar-refractivity contribution in [2.45, 2.75) is 18.9 Å². The fraction of sp³-hybridized carbons (Fsp3) is 0.375. The third-order valence-corrected chi connectivity index (χ3v) is 4.04. The Morgan fingerprint density at radius 3 is 2.65 bits per heavy atom. The molecular formula is C16H18N4O3. The number of carbonyl (C=O) groups excluding carboxylic acids is 3. The van der Waals surface area contributed by atoms with Gasteiger partial charge in [0.15, 0.2) is 0 Å². The number of piperazine rings is 1. The number of nitrogens with zero attached hydrogens (tertiary/aromatic N) is 3. The van der Waals surface area contributed by atoms with Crippen LogP contribution < -0.4 is 5.32 Å². The first kappa shape index (κ1) is 15.2. The number of rotatable bonds is 2. The highest BCUT2D eigenvalue weighted by Crippen LogP contribution is 2.24. The summed E-state index contributed by atoms with van der Waals surface area (Å²) in [5.74, 6) is -0.595. The average molecular weight is 314 g/mol. The van der Waals surface area contributed by atoms with E-state index in [9.17, 15) is 14.4 Å². The first-order valence-electron chi connectivity index (χ1n) is 7.55. The maximum atomic E-state index is 12.8. The highest BCUT2D eigenvalue weighted by atomic mass is 16.2. The quantitative estimate of drug-likeness (QED) is 0.852. The van der Waals surface area contributed by atoms with Crippen LogP contribution >= 0.6 is 0 Å². The van der Waals surface area contributed by atoms with E-state index in [0.29, 0.717) is 25.2 Å². The maximum Gasteiger partial charge on any atom is 0.271 e. The molecule has 0 saturated carbocycles. The summed E-state index contributed by atoms with van der Waals surface area (Å²) in [6.07, 6.45) is 0.568. The van der Waals surface area contributed by atoms with Gasteiger partial charge in [0.05, 0.1) is 0 Å². The first-order valence-corrected chi connectivity index (χ1v) is 7.55. The molecular weight excluding hydrogens is 296 g/mol. The van der Waals surface area contributed by atoms with Crippen molar-refractivity contribution in [2.75, 3.05) is 20.1 Å². The van der Waals surface area contributed by atoms with E-state index in [0.717, 1.165) is 5.56 Å². The normalized spacial score (nSPS) is 21.8. The van der Waals surface area contributed by atoms with Crippen LogP contribution in [0.25, 0.3) is 0 Å². The Kier molecular flexibility index (Phi) is 4.10. The molecule has 0 aromatic heterocycles. The van der Waals surface area contributed by atoms with Gasteiger partial charge in [-0.1, -0.05) is 30.3 Å². The fourth-order valence-corrected chi connectivity index (χ4v) is 2.84. The van der Waals surface area contributed by atoms with E-state index in [1.54, 1.807) is 0 Å². The minimum atomic E-state index is -0.664. The molecule has 0 unspecified atom stereocenters. The van der Waals surface area contributed by atoms with Gasteiger partial charge in [0.25, 0.3) is 5.91 Å². The van der Waals surface area contributed by atoms with Crippen LogP contribution in [0.1, 0.15) is 24.4 Å². The van der Waals surface area contributed by atoms with Crippen molar-refractivity contribution in [2.24, 2.45) is 5.10 Å². The Labute approximate surface area is 133 Å². The molecule has 23 heavy (non-hydrogen) atoms. The predicted octanol–water partition coefficient (Wildman–Crippen LogP) is 0.294. The Bertz CT molecular complexity index is 671. The average Bonchev–Trinajstić information content (AvgIpc) is 2.57. The van der Waals surface area contributed by atoms with Gasteiger partial charge < -0.3 is 10.2 Å². The summed E-state index contributed by atoms with van der Waals surface area (Å²) in [5, 5.41) is 8.06. The van der Waals surface area contributed by atoms with E-state index >= 15 is 0 Å². The second-order valence-corrected chi connectivity index (χ2v) is 5.57. The molecule has 1 atom stereocenters. The van der Waals surface area contributed by atoms with Gasteiger partial charge >= 0.3 is 0 Å². The minimum Gasteiger partial charge on any atom is -0.352 e. The molecule has 1 N–H and O–H groups in total. The van der Waals surface area contributed by atoms with E-state index < -0.39 is 6.04 Å². The zero-order chi connectivity index (χ0) is 16.4. The lowest BCUT2D eigenvalue weighted by Gasteiger charge is -2.36. The van der Waals surface area contributed by atoms with Gasteiger partial charge in [0, 0.05) is 33.0 Å². The van der Waals surface area contributed by atoms with Crippen molar-refractivity contribution >= 4 is 23.4 Å². The summed E-state index contributed by atoms with van der Waals surface area (Å²) in [6, 6.07) is 8.53. The Morgan fingerprint density at radius 1 is 1.22 bits per heavy atom. The summed E-state index contributed by atoms with van der Waals surface area (Å²) in [7, 11) is 1.53. The van der Waals surface area contributed by atoms with Crippen LogP contribution in [0.3, 0.4) is 0 Å². The molecule has 1 aromatic rings. The van der Waals surface area contributed by atoms with Gasteiger partial charge in [0.2, 0.25) is 11.8 Å². The summed E-state index contributed by atoms with van der Waals surface area (Å²) in [4.78, 5) is 38.2. The SMILES string of the molecule is CN1N=C(C(=O)N2CCNC(=O)[C@@H]2c2ccccc2)CCC1=O. The molecule has 0 spiro atoms. The van der Waals surface area contributed by atoms with E-state index in [4.69, 9.17) is 0 Å². The number of carbonyl (C=O) groups is 3. The standard InChI is InChI=1S/C16H18N4O3/c1-19-13(21)8-7-12(18-19)16(23)20-10-9-17-15(22)14(20)11-5-3-2-4-6-11/h2-6,14H,7-10H2,1H3,(H,17,22)/t14-/m0/s1. The lowest BCUT2D eigenvalue weighted by Crippen LogP contribution is -2.54. The highest BCUT2D eigenvalue weighted by Gasteiger charge is 2.37. The highest BCUT2D eigenvalue weighted by molar-refractivity contribution is 6.39. The molecule has 2 heterocycles. The first-order chi connectivity index (χ1) is 11.1. The number of benzene rings is 1. The van der Waals surface area contributed by atoms with Crippen LogP contribution in [0.2, 0.25) is 0 Å². The van der Waals surface area contributed by atoms with Gasteiger partial charge in [0.1, 0.15) is 11.8 Å². The van der Waals surface area contributed by atoms with E-state index in [-0.39, 0.29) is 24.1 Å². The van der Waals surface area contributed by atoms with Crippen LogP contribution in [0, 0.1) is 0 Å². The Morgan fingerprint density at radius 2 is 1.96 bits per heavy atom. The lowest BCUT2D eigenvalue weighted by atomic mass is 10.0. The Hall–Kier alpha value is -2.70. The van der Waals surface area contributed by atoms with Crippen LogP contribution in [-0.2, 0) is 14.4 Å². The molecule has 0 aliphatic carbocycles. The molecule has 7 heteroatoms. The van der Waals surface area contributed by atoms with E-state index in [1.165, 1.54) is 17.0 Å². The van der Waals surface area contributed by atoms with Crippen molar-refractivity contribution in [1.29, 1.82) is 0 Å². The number of amides is 3. The smallest absolute Gasteiger partial charge is 0.271 e. The van der Waals surface area contributed by atoms with Gasteiger partial charge in [-0.15, -0.1) is 0 Å². The molecule has 3 amide bonds. The predicted molar refractivity (Wildman–Crippen MR) is 83.3 cm³/mol. The van der Waals surface area contributed by atoms with E-state index in [2.05, 4.69) is 10.4 Å². The molecule has 1 saturated heterocycles. The molecule has 0 bridgehead atoms. The van der Waals surface area contributed by atoms with Crippen LogP contribution in [0.5, 0.6) is 0 Å². The number of nitrogens with one attached hydrogen (secondary N) is 1. The molecule has 7 nitrogen and oxygen atoms in total. The van der Waals surface area contributed by atoms with Crippen LogP contribution in [0.15, 0.2) is 35.4 Å². The van der Waals surface area contributed by atoms with E-state index in [1.807, 2.05) is 30.3 Å². The lowest BCUT2D eigenvalue weighted by molar-refractivity contribution is -0.139. The molecule has 0 radical (unpaired) electrons. The minimum absolute atomic E-state index is 0.113. The molecule has 1 aromatic carbocycles. The molecule has 2 aliphatic rings. The largest absolute Gasteiger partial charge is 0.352 e. The van der Waals surface area contributed by atoms with Crippen molar-refractivity contribution in [3.8, 4) is 0 Å². The zero-order valence-corrected chi connectivity index (χ0v) is 12.9. The number of hydrogen-bond donors (Lipinski definition) is 1. The van der Waals surface area contributed by atoms with Crippen LogP contribution in [0.4, 0.5) is 0 Å². The molecule has 1 fully saturated rings. The maximum absolute atomic E-state index is 12.8. The fourth-order valence-electron chi connectivity index (χ4n) is 2.84. The third-order valence-electron chi connectivity index (χ3n) is 4.04. The van der Waals surface area contributed by atoms with Gasteiger partial charge in [-0.05, 0) is 5.56 Å². The number of hydrazone groups is 1. The van der Waals surface area contributed by atoms with Crippen molar-refractivity contribution in [3.05, 3.63) is 35.9 Å². The van der Waals surface area contributed by atoms with Crippen LogP contribution in [-0.4, -0.2) is 53.5 Å². The van der Waals surface area contributed by atoms with Gasteiger partial charge in [-0.2, -0.15) is 5.10 Å². The second kappa shape index (κ2) is 6.20. The summed E-state index contributed by atoms with van der Waals surface area (Å²) in [5.41, 5.74) is 1.08. The third kappa shape index (κ3) is 2.94. The van der Waals surface area contributed by atoms with Crippen molar-refractivity contribution in [3.63, 3.8) is 0 Å². The van der Waals surface area contributed by atoms with Crippen molar-refractivity contribution < 1.29 is 14.4 Å². The molecule has 120 valence electrons. The Balaban J connectivity index is 1.90. The summed E-state index contributed by atoms with van der Waals surface area (Å²) >= 11 is 0. The van der Waals surface area contributed by atoms with Gasteiger partial charge in [-0.3, -0.25) is 14.4 Å². The molecule has 2 aliphatic heterocycles. The molecule has 3 rings (SSSR count).